The van der Waals surface area contributed by atoms with Crippen LogP contribution in [0.1, 0.15) is 38.3 Å². The van der Waals surface area contributed by atoms with Gasteiger partial charge in [-0.2, -0.15) is 0 Å². The number of aryl methyl sites for hydroxylation is 2. The van der Waals surface area contributed by atoms with E-state index in [4.69, 9.17) is 9.47 Å². The normalized spacial score (nSPS) is 15.7. The molecule has 0 saturated carbocycles. The molecule has 1 aliphatic rings. The molecule has 0 aliphatic carbocycles. The fourth-order valence-corrected chi connectivity index (χ4v) is 3.72. The Morgan fingerprint density at radius 3 is 2.53 bits per heavy atom. The van der Waals surface area contributed by atoms with Crippen LogP contribution in [-0.4, -0.2) is 37.0 Å². The monoisotopic (exact) mass is 438 g/mol. The van der Waals surface area contributed by atoms with Crippen molar-refractivity contribution in [3.8, 4) is 5.75 Å². The van der Waals surface area contributed by atoms with Crippen LogP contribution in [0.25, 0.3) is 0 Å². The molecule has 1 aliphatic heterocycles. The van der Waals surface area contributed by atoms with E-state index in [9.17, 15) is 14.4 Å². The molecule has 32 heavy (non-hydrogen) atoms. The number of nitrogens with zero attached hydrogens (tertiary/aromatic N) is 1. The molecule has 0 unspecified atom stereocenters. The summed E-state index contributed by atoms with van der Waals surface area (Å²) in [5.74, 6) is -0.981. The highest BCUT2D eigenvalue weighted by atomic mass is 16.5. The summed E-state index contributed by atoms with van der Waals surface area (Å²) in [5.41, 5.74) is 3.42. The van der Waals surface area contributed by atoms with Crippen molar-refractivity contribution in [3.63, 3.8) is 0 Å². The number of amides is 2. The van der Waals surface area contributed by atoms with Gasteiger partial charge in [0.05, 0.1) is 12.0 Å². The maximum absolute atomic E-state index is 12.5. The third kappa shape index (κ3) is 5.66. The zero-order valence-electron chi connectivity index (χ0n) is 19.0. The summed E-state index contributed by atoms with van der Waals surface area (Å²) in [6, 6.07) is 13.0. The predicted molar refractivity (Wildman–Crippen MR) is 123 cm³/mol. The maximum atomic E-state index is 12.5. The van der Waals surface area contributed by atoms with E-state index in [-0.39, 0.29) is 31.6 Å². The Morgan fingerprint density at radius 2 is 1.88 bits per heavy atom. The average molecular weight is 439 g/mol. The summed E-state index contributed by atoms with van der Waals surface area (Å²) in [4.78, 5) is 38.8. The second kappa shape index (κ2) is 10.3. The summed E-state index contributed by atoms with van der Waals surface area (Å²) in [5, 5.41) is 2.83. The minimum absolute atomic E-state index is 0.0580. The van der Waals surface area contributed by atoms with Gasteiger partial charge in [0.25, 0.3) is 5.91 Å². The van der Waals surface area contributed by atoms with Crippen LogP contribution in [0.15, 0.2) is 42.5 Å². The molecule has 0 radical (unpaired) electrons. The Labute approximate surface area is 188 Å². The molecule has 7 heteroatoms. The molecular formula is C25H30N2O5. The van der Waals surface area contributed by atoms with E-state index >= 15 is 0 Å². The number of nitrogens with one attached hydrogen (secondary N) is 1. The minimum atomic E-state index is -0.605. The lowest BCUT2D eigenvalue weighted by Crippen LogP contribution is -2.28. The van der Waals surface area contributed by atoms with Crippen LogP contribution in [0.5, 0.6) is 5.75 Å². The minimum Gasteiger partial charge on any atom is -0.491 e. The first-order chi connectivity index (χ1) is 15.3. The summed E-state index contributed by atoms with van der Waals surface area (Å²) < 4.78 is 10.8. The second-order valence-corrected chi connectivity index (χ2v) is 8.18. The van der Waals surface area contributed by atoms with Crippen LogP contribution in [-0.2, 0) is 25.5 Å². The first-order valence-corrected chi connectivity index (χ1v) is 10.9. The first-order valence-electron chi connectivity index (χ1n) is 10.9. The molecule has 0 spiro atoms. The number of rotatable bonds is 8. The number of ether oxygens (including phenoxy) is 2. The van der Waals surface area contributed by atoms with Gasteiger partial charge in [-0.15, -0.1) is 0 Å². The number of carbonyl (C=O) groups is 3. The van der Waals surface area contributed by atoms with E-state index in [1.54, 1.807) is 29.2 Å². The molecule has 0 bridgehead atoms. The van der Waals surface area contributed by atoms with Crippen molar-refractivity contribution in [2.45, 2.75) is 46.6 Å². The summed E-state index contributed by atoms with van der Waals surface area (Å²) >= 11 is 0. The zero-order chi connectivity index (χ0) is 23.3. The van der Waals surface area contributed by atoms with Crippen molar-refractivity contribution in [1.29, 1.82) is 0 Å². The second-order valence-electron chi connectivity index (χ2n) is 8.18. The smallest absolute Gasteiger partial charge is 0.311 e. The highest BCUT2D eigenvalue weighted by Gasteiger charge is 2.36. The summed E-state index contributed by atoms with van der Waals surface area (Å²) in [6.45, 7) is 7.65. The Kier molecular flexibility index (Phi) is 7.51. The zero-order valence-corrected chi connectivity index (χ0v) is 19.0. The molecule has 3 rings (SSSR count). The van der Waals surface area contributed by atoms with Gasteiger partial charge in [0.1, 0.15) is 5.75 Å². The molecule has 7 nitrogen and oxygen atoms in total. The van der Waals surface area contributed by atoms with Crippen molar-refractivity contribution >= 4 is 29.2 Å². The van der Waals surface area contributed by atoms with Gasteiger partial charge in [-0.1, -0.05) is 25.1 Å². The van der Waals surface area contributed by atoms with Crippen LogP contribution in [0.3, 0.4) is 0 Å². The standard InChI is InChI=1S/C25H30N2O5/c1-5-18-8-6-7-17(4)24(18)26-22(28)15-31-25(30)19-13-23(29)27(14-19)20-9-11-21(12-10-20)32-16(2)3/h6-12,16,19H,5,13-15H2,1-4H3,(H,26,28)/t19-/m1/s1. The van der Waals surface area contributed by atoms with Crippen molar-refractivity contribution in [2.24, 2.45) is 5.92 Å². The van der Waals surface area contributed by atoms with Gasteiger partial charge in [-0.25, -0.2) is 0 Å². The van der Waals surface area contributed by atoms with E-state index in [1.807, 2.05) is 45.9 Å². The highest BCUT2D eigenvalue weighted by Crippen LogP contribution is 2.28. The van der Waals surface area contributed by atoms with Crippen LogP contribution in [0, 0.1) is 12.8 Å². The fraction of sp³-hybridized carbons (Fsp3) is 0.400. The molecule has 170 valence electrons. The molecule has 1 saturated heterocycles. The van der Waals surface area contributed by atoms with E-state index in [2.05, 4.69) is 5.32 Å². The predicted octanol–water partition coefficient (Wildman–Crippen LogP) is 3.88. The lowest BCUT2D eigenvalue weighted by Gasteiger charge is -2.18. The average Bonchev–Trinajstić information content (AvgIpc) is 3.15. The molecular weight excluding hydrogens is 408 g/mol. The lowest BCUT2D eigenvalue weighted by atomic mass is 10.1. The Hall–Kier alpha value is -3.35. The van der Waals surface area contributed by atoms with Crippen molar-refractivity contribution < 1.29 is 23.9 Å². The molecule has 2 aromatic carbocycles. The molecule has 1 fully saturated rings. The van der Waals surface area contributed by atoms with Crippen LogP contribution < -0.4 is 15.0 Å². The van der Waals surface area contributed by atoms with Crippen LogP contribution >= 0.6 is 0 Å². The van der Waals surface area contributed by atoms with Crippen LogP contribution in [0.2, 0.25) is 0 Å². The van der Waals surface area contributed by atoms with Gasteiger partial charge < -0.3 is 19.7 Å². The molecule has 2 aromatic rings. The van der Waals surface area contributed by atoms with E-state index in [1.165, 1.54) is 0 Å². The molecule has 0 aromatic heterocycles. The molecule has 1 N–H and O–H groups in total. The quantitative estimate of drug-likeness (QED) is 0.633. The van der Waals surface area contributed by atoms with Gasteiger partial charge in [-0.05, 0) is 62.6 Å². The fourth-order valence-electron chi connectivity index (χ4n) is 3.72. The lowest BCUT2D eigenvalue weighted by molar-refractivity contribution is -0.151. The van der Waals surface area contributed by atoms with E-state index in [0.717, 1.165) is 29.0 Å². The SMILES string of the molecule is CCc1cccc(C)c1NC(=O)COC(=O)[C@@H]1CC(=O)N(c2ccc(OC(C)C)cc2)C1. The van der Waals surface area contributed by atoms with Gasteiger partial charge in [0, 0.05) is 24.3 Å². The van der Waals surface area contributed by atoms with E-state index < -0.39 is 17.8 Å². The molecule has 1 heterocycles. The summed E-state index contributed by atoms with van der Waals surface area (Å²) in [7, 11) is 0. The number of para-hydroxylation sites is 1. The number of benzene rings is 2. The van der Waals surface area contributed by atoms with E-state index in [0.29, 0.717) is 5.69 Å². The van der Waals surface area contributed by atoms with Crippen LogP contribution in [0.4, 0.5) is 11.4 Å². The number of hydrogen-bond acceptors (Lipinski definition) is 5. The third-order valence-corrected chi connectivity index (χ3v) is 5.33. The van der Waals surface area contributed by atoms with Gasteiger partial charge in [-0.3, -0.25) is 14.4 Å². The van der Waals surface area contributed by atoms with Gasteiger partial charge in [0.2, 0.25) is 5.91 Å². The Bertz CT molecular complexity index is 984. The summed E-state index contributed by atoms with van der Waals surface area (Å²) in [6.07, 6.45) is 0.898. The molecule has 2 amide bonds. The number of carbonyl (C=O) groups excluding carboxylic acids is 3. The first kappa shape index (κ1) is 23.3. The number of hydrogen-bond donors (Lipinski definition) is 1. The van der Waals surface area contributed by atoms with Crippen molar-refractivity contribution in [2.75, 3.05) is 23.4 Å². The highest BCUT2D eigenvalue weighted by molar-refractivity contribution is 6.00. The molecule has 1 atom stereocenters. The van der Waals surface area contributed by atoms with Gasteiger partial charge in [0.15, 0.2) is 6.61 Å². The van der Waals surface area contributed by atoms with Crippen molar-refractivity contribution in [3.05, 3.63) is 53.6 Å². The Morgan fingerprint density at radius 1 is 1.16 bits per heavy atom. The number of anilines is 2. The largest absolute Gasteiger partial charge is 0.491 e. The maximum Gasteiger partial charge on any atom is 0.311 e. The Balaban J connectivity index is 1.54. The third-order valence-electron chi connectivity index (χ3n) is 5.33. The topological polar surface area (TPSA) is 84.9 Å². The van der Waals surface area contributed by atoms with Crippen molar-refractivity contribution in [1.82, 2.24) is 0 Å². The number of esters is 1. The van der Waals surface area contributed by atoms with Gasteiger partial charge >= 0.3 is 5.97 Å².